The number of nitrogens with zero attached hydrogens (tertiary/aromatic N) is 1. The lowest BCUT2D eigenvalue weighted by Gasteiger charge is -2.36. The Bertz CT molecular complexity index is 566. The van der Waals surface area contributed by atoms with Crippen LogP contribution in [0, 0.1) is 18.2 Å². The van der Waals surface area contributed by atoms with E-state index in [0.29, 0.717) is 25.9 Å². The summed E-state index contributed by atoms with van der Waals surface area (Å²) in [6.07, 6.45) is 0.790. The van der Waals surface area contributed by atoms with E-state index in [-0.39, 0.29) is 5.69 Å². The fourth-order valence-electron chi connectivity index (χ4n) is 2.35. The van der Waals surface area contributed by atoms with Gasteiger partial charge in [0.15, 0.2) is 0 Å². The summed E-state index contributed by atoms with van der Waals surface area (Å²) in [5.74, 6) is -1.33. The predicted molar refractivity (Wildman–Crippen MR) is 76.7 cm³/mol. The van der Waals surface area contributed by atoms with Crippen molar-refractivity contribution in [2.24, 2.45) is 5.41 Å². The van der Waals surface area contributed by atoms with Crippen LogP contribution in [-0.2, 0) is 4.79 Å². The molecular weight excluding hydrogens is 275 g/mol. The van der Waals surface area contributed by atoms with Crippen LogP contribution in [0.25, 0.3) is 0 Å². The highest BCUT2D eigenvalue weighted by Crippen LogP contribution is 2.31. The smallest absolute Gasteiger partial charge is 0.321 e. The number of halogens is 1. The van der Waals surface area contributed by atoms with Crippen molar-refractivity contribution in [2.45, 2.75) is 26.7 Å². The number of likely N-dealkylation sites (tertiary alicyclic amines) is 1. The van der Waals surface area contributed by atoms with Crippen molar-refractivity contribution < 1.29 is 19.1 Å². The van der Waals surface area contributed by atoms with E-state index in [0.717, 1.165) is 5.56 Å². The molecule has 1 saturated heterocycles. The lowest BCUT2D eigenvalue weighted by Crippen LogP contribution is -2.46. The number of carboxylic acid groups (broad SMARTS) is 1. The van der Waals surface area contributed by atoms with Crippen LogP contribution in [0.15, 0.2) is 18.2 Å². The number of urea groups is 1. The number of carbonyl (C=O) groups is 2. The topological polar surface area (TPSA) is 69.6 Å². The lowest BCUT2D eigenvalue weighted by molar-refractivity contribution is -0.150. The van der Waals surface area contributed by atoms with E-state index in [9.17, 15) is 14.0 Å². The van der Waals surface area contributed by atoms with Gasteiger partial charge < -0.3 is 15.3 Å². The molecule has 21 heavy (non-hydrogen) atoms. The highest BCUT2D eigenvalue weighted by molar-refractivity contribution is 5.89. The lowest BCUT2D eigenvalue weighted by atomic mass is 9.80. The molecule has 5 nitrogen and oxygen atoms in total. The van der Waals surface area contributed by atoms with Crippen molar-refractivity contribution in [3.8, 4) is 0 Å². The number of hydrogen-bond donors (Lipinski definition) is 2. The number of carboxylic acids is 1. The van der Waals surface area contributed by atoms with E-state index in [4.69, 9.17) is 5.11 Å². The zero-order chi connectivity index (χ0) is 15.6. The van der Waals surface area contributed by atoms with Crippen LogP contribution in [0.5, 0.6) is 0 Å². The normalized spacial score (nSPS) is 17.4. The minimum Gasteiger partial charge on any atom is -0.481 e. The fourth-order valence-corrected chi connectivity index (χ4v) is 2.35. The van der Waals surface area contributed by atoms with E-state index in [1.165, 1.54) is 11.0 Å². The first-order chi connectivity index (χ1) is 9.82. The molecule has 2 amide bonds. The summed E-state index contributed by atoms with van der Waals surface area (Å²) in [4.78, 5) is 24.8. The van der Waals surface area contributed by atoms with Gasteiger partial charge in [-0.1, -0.05) is 6.07 Å². The van der Waals surface area contributed by atoms with Crippen LogP contribution in [0.2, 0.25) is 0 Å². The van der Waals surface area contributed by atoms with Gasteiger partial charge in [-0.3, -0.25) is 4.79 Å². The first-order valence-electron chi connectivity index (χ1n) is 6.87. The van der Waals surface area contributed by atoms with Crippen molar-refractivity contribution in [2.75, 3.05) is 18.4 Å². The van der Waals surface area contributed by atoms with Crippen LogP contribution in [0.3, 0.4) is 0 Å². The SMILES string of the molecule is Cc1ccc(F)c(NC(=O)N2CCC(C)(C(=O)O)CC2)c1. The van der Waals surface area contributed by atoms with Crippen LogP contribution in [0.1, 0.15) is 25.3 Å². The number of hydrogen-bond acceptors (Lipinski definition) is 2. The molecule has 1 aliphatic heterocycles. The minimum absolute atomic E-state index is 0.145. The molecule has 2 rings (SSSR count). The van der Waals surface area contributed by atoms with Crippen LogP contribution < -0.4 is 5.32 Å². The number of amides is 2. The van der Waals surface area contributed by atoms with Gasteiger partial charge in [0.05, 0.1) is 11.1 Å². The molecule has 0 aromatic heterocycles. The number of piperidine rings is 1. The molecule has 0 saturated carbocycles. The second kappa shape index (κ2) is 5.71. The molecule has 1 aromatic carbocycles. The zero-order valence-electron chi connectivity index (χ0n) is 12.1. The predicted octanol–water partition coefficient (Wildman–Crippen LogP) is 2.85. The highest BCUT2D eigenvalue weighted by Gasteiger charge is 2.38. The van der Waals surface area contributed by atoms with Gasteiger partial charge in [-0.2, -0.15) is 0 Å². The highest BCUT2D eigenvalue weighted by atomic mass is 19.1. The molecule has 0 unspecified atom stereocenters. The third-order valence-corrected chi connectivity index (χ3v) is 4.03. The average Bonchev–Trinajstić information content (AvgIpc) is 2.43. The summed E-state index contributed by atoms with van der Waals surface area (Å²) >= 11 is 0. The molecule has 0 atom stereocenters. The van der Waals surface area contributed by atoms with E-state index >= 15 is 0 Å². The Morgan fingerprint density at radius 3 is 2.52 bits per heavy atom. The maximum Gasteiger partial charge on any atom is 0.321 e. The Labute approximate surface area is 122 Å². The second-order valence-corrected chi connectivity index (χ2v) is 5.77. The summed E-state index contributed by atoms with van der Waals surface area (Å²) < 4.78 is 13.6. The summed E-state index contributed by atoms with van der Waals surface area (Å²) in [5, 5.41) is 11.7. The van der Waals surface area contributed by atoms with Gasteiger partial charge in [0, 0.05) is 13.1 Å². The number of nitrogens with one attached hydrogen (secondary N) is 1. The Kier molecular flexibility index (Phi) is 4.16. The molecule has 1 heterocycles. The number of anilines is 1. The van der Waals surface area contributed by atoms with Crippen molar-refractivity contribution in [3.05, 3.63) is 29.6 Å². The van der Waals surface area contributed by atoms with Crippen molar-refractivity contribution in [1.29, 1.82) is 0 Å². The van der Waals surface area contributed by atoms with Gasteiger partial charge in [0.1, 0.15) is 5.82 Å². The number of aryl methyl sites for hydroxylation is 1. The molecule has 2 N–H and O–H groups in total. The van der Waals surface area contributed by atoms with Crippen LogP contribution in [-0.4, -0.2) is 35.1 Å². The van der Waals surface area contributed by atoms with E-state index in [2.05, 4.69) is 5.32 Å². The fraction of sp³-hybridized carbons (Fsp3) is 0.467. The van der Waals surface area contributed by atoms with Crippen LogP contribution >= 0.6 is 0 Å². The quantitative estimate of drug-likeness (QED) is 0.881. The first-order valence-corrected chi connectivity index (χ1v) is 6.87. The monoisotopic (exact) mass is 294 g/mol. The summed E-state index contributed by atoms with van der Waals surface area (Å²) in [5.41, 5.74) is 0.209. The van der Waals surface area contributed by atoms with E-state index in [1.807, 2.05) is 6.92 Å². The Morgan fingerprint density at radius 1 is 1.33 bits per heavy atom. The average molecular weight is 294 g/mol. The summed E-state index contributed by atoms with van der Waals surface area (Å²) in [6, 6.07) is 4.11. The summed E-state index contributed by atoms with van der Waals surface area (Å²) in [7, 11) is 0. The van der Waals surface area contributed by atoms with Gasteiger partial charge in [-0.15, -0.1) is 0 Å². The largest absolute Gasteiger partial charge is 0.481 e. The minimum atomic E-state index is -0.840. The van der Waals surface area contributed by atoms with Crippen LogP contribution in [0.4, 0.5) is 14.9 Å². The van der Waals surface area contributed by atoms with Crippen molar-refractivity contribution >= 4 is 17.7 Å². The molecule has 0 spiro atoms. The van der Waals surface area contributed by atoms with Crippen molar-refractivity contribution in [1.82, 2.24) is 4.90 Å². The molecule has 6 heteroatoms. The van der Waals surface area contributed by atoms with Crippen molar-refractivity contribution in [3.63, 3.8) is 0 Å². The van der Waals surface area contributed by atoms with Gasteiger partial charge in [-0.05, 0) is 44.4 Å². The van der Waals surface area contributed by atoms with E-state index < -0.39 is 23.2 Å². The number of rotatable bonds is 2. The molecule has 0 radical (unpaired) electrons. The van der Waals surface area contributed by atoms with Gasteiger partial charge >= 0.3 is 12.0 Å². The number of aliphatic carboxylic acids is 1. The molecule has 114 valence electrons. The Hall–Kier alpha value is -2.11. The summed E-state index contributed by atoms with van der Waals surface area (Å²) in [6.45, 7) is 4.20. The number of benzene rings is 1. The molecule has 0 bridgehead atoms. The Morgan fingerprint density at radius 2 is 1.95 bits per heavy atom. The molecule has 1 aromatic rings. The second-order valence-electron chi connectivity index (χ2n) is 5.77. The zero-order valence-corrected chi connectivity index (χ0v) is 12.1. The molecule has 1 fully saturated rings. The third kappa shape index (κ3) is 3.32. The van der Waals surface area contributed by atoms with E-state index in [1.54, 1.807) is 19.1 Å². The maximum absolute atomic E-state index is 13.6. The molecule has 1 aliphatic rings. The standard InChI is InChI=1S/C15H19FN2O3/c1-10-3-4-11(16)12(9-10)17-14(21)18-7-5-15(2,6-8-18)13(19)20/h3-4,9H,5-8H2,1-2H3,(H,17,21)(H,19,20). The van der Waals surface area contributed by atoms with Gasteiger partial charge in [-0.25, -0.2) is 9.18 Å². The Balaban J connectivity index is 2.00. The maximum atomic E-state index is 13.6. The first kappa shape index (κ1) is 15.3. The molecule has 0 aliphatic carbocycles. The van der Waals surface area contributed by atoms with Gasteiger partial charge in [0.25, 0.3) is 0 Å². The van der Waals surface area contributed by atoms with Gasteiger partial charge in [0.2, 0.25) is 0 Å². The number of carbonyl (C=O) groups excluding carboxylic acids is 1. The third-order valence-electron chi connectivity index (χ3n) is 4.03. The molecular formula is C15H19FN2O3.